The molecule has 5 nitrogen and oxygen atoms in total. The Kier molecular flexibility index (Phi) is 4.21. The molecule has 2 rings (SSSR count). The highest BCUT2D eigenvalue weighted by atomic mass is 16.2. The van der Waals surface area contributed by atoms with E-state index >= 15 is 0 Å². The van der Waals surface area contributed by atoms with Crippen LogP contribution in [0, 0.1) is 6.92 Å². The average molecular weight is 284 g/mol. The highest BCUT2D eigenvalue weighted by molar-refractivity contribution is 5.93. The van der Waals surface area contributed by atoms with Crippen LogP contribution in [0.3, 0.4) is 0 Å². The molecule has 0 saturated heterocycles. The van der Waals surface area contributed by atoms with Gasteiger partial charge < -0.3 is 10.6 Å². The van der Waals surface area contributed by atoms with Crippen molar-refractivity contribution in [2.75, 3.05) is 5.32 Å². The Bertz CT molecular complexity index is 632. The third-order valence-electron chi connectivity index (χ3n) is 2.61. The van der Waals surface area contributed by atoms with Crippen molar-refractivity contribution < 1.29 is 4.79 Å². The summed E-state index contributed by atoms with van der Waals surface area (Å²) in [4.78, 5) is 20.8. The van der Waals surface area contributed by atoms with Gasteiger partial charge in [0.2, 0.25) is 5.95 Å². The number of hydrogen-bond acceptors (Lipinski definition) is 4. The molecule has 0 saturated carbocycles. The van der Waals surface area contributed by atoms with Gasteiger partial charge in [-0.15, -0.1) is 0 Å². The van der Waals surface area contributed by atoms with Crippen LogP contribution in [0.1, 0.15) is 37.0 Å². The second-order valence-corrected chi connectivity index (χ2v) is 5.91. The molecule has 110 valence electrons. The minimum Gasteiger partial charge on any atom is -0.346 e. The molecule has 0 spiro atoms. The number of hydrogen-bond donors (Lipinski definition) is 2. The van der Waals surface area contributed by atoms with Gasteiger partial charge in [0.05, 0.1) is 0 Å². The summed E-state index contributed by atoms with van der Waals surface area (Å²) in [6.07, 6.45) is 0. The van der Waals surface area contributed by atoms with Crippen LogP contribution in [0.4, 0.5) is 11.6 Å². The van der Waals surface area contributed by atoms with Gasteiger partial charge in [0, 0.05) is 16.9 Å². The van der Waals surface area contributed by atoms with Gasteiger partial charge in [-0.05, 0) is 45.9 Å². The summed E-state index contributed by atoms with van der Waals surface area (Å²) >= 11 is 0. The van der Waals surface area contributed by atoms with Gasteiger partial charge in [0.15, 0.2) is 0 Å². The number of amides is 1. The molecule has 1 amide bonds. The monoisotopic (exact) mass is 284 g/mol. The maximum Gasteiger partial charge on any atom is 0.270 e. The van der Waals surface area contributed by atoms with Crippen molar-refractivity contribution in [2.24, 2.45) is 0 Å². The van der Waals surface area contributed by atoms with E-state index in [1.165, 1.54) is 0 Å². The van der Waals surface area contributed by atoms with E-state index in [0.717, 1.165) is 11.4 Å². The van der Waals surface area contributed by atoms with Crippen molar-refractivity contribution in [1.82, 2.24) is 15.3 Å². The molecule has 0 atom stereocenters. The van der Waals surface area contributed by atoms with Gasteiger partial charge in [-0.2, -0.15) is 0 Å². The Labute approximate surface area is 124 Å². The first kappa shape index (κ1) is 15.0. The van der Waals surface area contributed by atoms with Crippen LogP contribution in [0.2, 0.25) is 0 Å². The van der Waals surface area contributed by atoms with Crippen molar-refractivity contribution >= 4 is 17.5 Å². The van der Waals surface area contributed by atoms with Crippen molar-refractivity contribution in [2.45, 2.75) is 33.2 Å². The van der Waals surface area contributed by atoms with E-state index in [0.29, 0.717) is 11.6 Å². The number of nitrogens with one attached hydrogen (secondary N) is 2. The number of anilines is 2. The van der Waals surface area contributed by atoms with E-state index in [4.69, 9.17) is 0 Å². The molecular weight excluding hydrogens is 264 g/mol. The number of carbonyl (C=O) groups excluding carboxylic acids is 1. The first-order chi connectivity index (χ1) is 9.83. The van der Waals surface area contributed by atoms with Gasteiger partial charge in [-0.1, -0.05) is 18.2 Å². The van der Waals surface area contributed by atoms with Crippen molar-refractivity contribution in [3.63, 3.8) is 0 Å². The Morgan fingerprint density at radius 2 is 1.76 bits per heavy atom. The van der Waals surface area contributed by atoms with E-state index < -0.39 is 0 Å². The quantitative estimate of drug-likeness (QED) is 0.909. The number of carbonyl (C=O) groups is 1. The van der Waals surface area contributed by atoms with Gasteiger partial charge >= 0.3 is 0 Å². The maximum absolute atomic E-state index is 12.2. The third kappa shape index (κ3) is 4.56. The fourth-order valence-corrected chi connectivity index (χ4v) is 1.80. The molecule has 1 heterocycles. The normalized spacial score (nSPS) is 11.0. The molecule has 2 N–H and O–H groups in total. The van der Waals surface area contributed by atoms with E-state index in [2.05, 4.69) is 20.6 Å². The maximum atomic E-state index is 12.2. The summed E-state index contributed by atoms with van der Waals surface area (Å²) in [5, 5.41) is 6.00. The minimum atomic E-state index is -0.303. The van der Waals surface area contributed by atoms with Crippen LogP contribution < -0.4 is 10.6 Å². The number of aromatic nitrogens is 2. The molecule has 0 aliphatic heterocycles. The van der Waals surface area contributed by atoms with Crippen LogP contribution in [-0.2, 0) is 0 Å². The molecule has 0 unspecified atom stereocenters. The van der Waals surface area contributed by atoms with Crippen LogP contribution >= 0.6 is 0 Å². The topological polar surface area (TPSA) is 66.9 Å². The van der Waals surface area contributed by atoms with Crippen molar-refractivity contribution in [3.05, 3.63) is 47.8 Å². The molecule has 21 heavy (non-hydrogen) atoms. The Balaban J connectivity index is 2.23. The van der Waals surface area contributed by atoms with Crippen molar-refractivity contribution in [3.8, 4) is 0 Å². The number of rotatable bonds is 3. The molecule has 0 radical (unpaired) electrons. The molecule has 0 aliphatic carbocycles. The Morgan fingerprint density at radius 3 is 2.38 bits per heavy atom. The molecule has 0 bridgehead atoms. The second-order valence-electron chi connectivity index (χ2n) is 5.91. The predicted molar refractivity (Wildman–Crippen MR) is 83.7 cm³/mol. The SMILES string of the molecule is Cc1cc(C(=O)NC(C)(C)C)nc(Nc2ccccc2)n1. The van der Waals surface area contributed by atoms with Gasteiger partial charge in [0.25, 0.3) is 5.91 Å². The van der Waals surface area contributed by atoms with E-state index in [1.54, 1.807) is 6.07 Å². The summed E-state index contributed by atoms with van der Waals surface area (Å²) in [5.74, 6) is 0.212. The van der Waals surface area contributed by atoms with E-state index in [-0.39, 0.29) is 11.4 Å². The third-order valence-corrected chi connectivity index (χ3v) is 2.61. The summed E-state index contributed by atoms with van der Waals surface area (Å²) in [6.45, 7) is 7.64. The predicted octanol–water partition coefficient (Wildman–Crippen LogP) is 3.06. The molecular formula is C16H20N4O. The first-order valence-corrected chi connectivity index (χ1v) is 6.84. The lowest BCUT2D eigenvalue weighted by molar-refractivity contribution is 0.0914. The summed E-state index contributed by atoms with van der Waals surface area (Å²) < 4.78 is 0. The largest absolute Gasteiger partial charge is 0.346 e. The number of para-hydroxylation sites is 1. The zero-order chi connectivity index (χ0) is 15.5. The van der Waals surface area contributed by atoms with Gasteiger partial charge in [-0.25, -0.2) is 9.97 Å². The molecule has 2 aromatic rings. The molecule has 1 aromatic carbocycles. The zero-order valence-corrected chi connectivity index (χ0v) is 12.8. The van der Waals surface area contributed by atoms with Crippen LogP contribution in [0.25, 0.3) is 0 Å². The van der Waals surface area contributed by atoms with Crippen LogP contribution in [0.15, 0.2) is 36.4 Å². The lowest BCUT2D eigenvalue weighted by atomic mass is 10.1. The summed E-state index contributed by atoms with van der Waals surface area (Å²) in [7, 11) is 0. The Hall–Kier alpha value is -2.43. The lowest BCUT2D eigenvalue weighted by Gasteiger charge is -2.20. The van der Waals surface area contributed by atoms with Crippen LogP contribution in [-0.4, -0.2) is 21.4 Å². The highest BCUT2D eigenvalue weighted by Gasteiger charge is 2.17. The lowest BCUT2D eigenvalue weighted by Crippen LogP contribution is -2.41. The second kappa shape index (κ2) is 5.91. The molecule has 5 heteroatoms. The number of nitrogens with zero attached hydrogens (tertiary/aromatic N) is 2. The fourth-order valence-electron chi connectivity index (χ4n) is 1.80. The molecule has 0 aliphatic rings. The summed E-state index contributed by atoms with van der Waals surface area (Å²) in [6, 6.07) is 11.3. The highest BCUT2D eigenvalue weighted by Crippen LogP contribution is 2.13. The minimum absolute atomic E-state index is 0.205. The van der Waals surface area contributed by atoms with Gasteiger partial charge in [0.1, 0.15) is 5.69 Å². The molecule has 0 fully saturated rings. The van der Waals surface area contributed by atoms with Gasteiger partial charge in [-0.3, -0.25) is 4.79 Å². The van der Waals surface area contributed by atoms with E-state index in [1.807, 2.05) is 58.0 Å². The number of benzene rings is 1. The fraction of sp³-hybridized carbons (Fsp3) is 0.312. The molecule has 1 aromatic heterocycles. The first-order valence-electron chi connectivity index (χ1n) is 6.84. The van der Waals surface area contributed by atoms with E-state index in [9.17, 15) is 4.79 Å². The number of aryl methyl sites for hydroxylation is 1. The standard InChI is InChI=1S/C16H20N4O/c1-11-10-13(14(21)20-16(2,3)4)19-15(17-11)18-12-8-6-5-7-9-12/h5-10H,1-4H3,(H,20,21)(H,17,18,19). The zero-order valence-electron chi connectivity index (χ0n) is 12.8. The Morgan fingerprint density at radius 1 is 1.10 bits per heavy atom. The summed E-state index contributed by atoms with van der Waals surface area (Å²) in [5.41, 5.74) is 1.67. The average Bonchev–Trinajstić information content (AvgIpc) is 2.37. The van der Waals surface area contributed by atoms with Crippen LogP contribution in [0.5, 0.6) is 0 Å². The van der Waals surface area contributed by atoms with Crippen molar-refractivity contribution in [1.29, 1.82) is 0 Å². The smallest absolute Gasteiger partial charge is 0.270 e.